The average molecular weight is 290 g/mol. The molecule has 2 unspecified atom stereocenters. The first-order chi connectivity index (χ1) is 9.38. The van der Waals surface area contributed by atoms with E-state index in [1.54, 1.807) is 6.07 Å². The number of alkyl halides is 3. The molecule has 0 heterocycles. The fourth-order valence-corrected chi connectivity index (χ4v) is 2.13. The van der Waals surface area contributed by atoms with Gasteiger partial charge in [-0.05, 0) is 25.0 Å². The van der Waals surface area contributed by atoms with Gasteiger partial charge in [0.1, 0.15) is 0 Å². The lowest BCUT2D eigenvalue weighted by Crippen LogP contribution is -2.31. The molecule has 0 saturated carbocycles. The predicted octanol–water partition coefficient (Wildman–Crippen LogP) is 3.81. The van der Waals surface area contributed by atoms with Crippen molar-refractivity contribution in [3.63, 3.8) is 0 Å². The summed E-state index contributed by atoms with van der Waals surface area (Å²) >= 11 is 0. The Morgan fingerprint density at radius 3 is 2.50 bits per heavy atom. The van der Waals surface area contributed by atoms with Crippen molar-refractivity contribution >= 4 is 0 Å². The molecule has 20 heavy (non-hydrogen) atoms. The van der Waals surface area contributed by atoms with Crippen LogP contribution in [-0.4, -0.2) is 23.9 Å². The van der Waals surface area contributed by atoms with Crippen LogP contribution in [-0.2, 0) is 17.3 Å². The van der Waals surface area contributed by atoms with E-state index in [1.165, 1.54) is 6.07 Å². The fourth-order valence-electron chi connectivity index (χ4n) is 2.13. The summed E-state index contributed by atoms with van der Waals surface area (Å²) in [4.78, 5) is 0. The van der Waals surface area contributed by atoms with Gasteiger partial charge in [-0.1, -0.05) is 31.5 Å². The highest BCUT2D eigenvalue weighted by molar-refractivity contribution is 5.26. The monoisotopic (exact) mass is 290 g/mol. The van der Waals surface area contributed by atoms with Crippen LogP contribution in [0.15, 0.2) is 24.3 Å². The third-order valence-corrected chi connectivity index (χ3v) is 3.08. The number of benzene rings is 1. The zero-order valence-electron chi connectivity index (χ0n) is 11.8. The number of ether oxygens (including phenoxy) is 1. The second kappa shape index (κ2) is 7.64. The molecule has 2 nitrogen and oxygen atoms in total. The van der Waals surface area contributed by atoms with Crippen LogP contribution in [0.25, 0.3) is 0 Å². The van der Waals surface area contributed by atoms with Gasteiger partial charge in [-0.15, -0.1) is 0 Å². The highest BCUT2D eigenvalue weighted by atomic mass is 19.4. The first kappa shape index (κ1) is 17.0. The van der Waals surface area contributed by atoms with E-state index in [0.717, 1.165) is 18.6 Å². The molecule has 0 spiro atoms. The van der Waals surface area contributed by atoms with E-state index in [4.69, 9.17) is 4.74 Å². The van der Waals surface area contributed by atoms with Crippen LogP contribution in [0, 0.1) is 0 Å². The molecule has 1 rings (SSSR count). The number of hydrogen-bond acceptors (Lipinski definition) is 2. The Labute approximate surface area is 117 Å². The van der Waals surface area contributed by atoms with Crippen molar-refractivity contribution in [3.05, 3.63) is 35.4 Å². The highest BCUT2D eigenvalue weighted by Crippen LogP contribution is 2.30. The van der Waals surface area contributed by atoms with Gasteiger partial charge in [0.05, 0.1) is 17.8 Å². The Morgan fingerprint density at radius 1 is 1.25 bits per heavy atom. The van der Waals surface area contributed by atoms with E-state index in [2.05, 4.69) is 0 Å². The lowest BCUT2D eigenvalue weighted by molar-refractivity contribution is -0.137. The highest BCUT2D eigenvalue weighted by Gasteiger charge is 2.30. The Balaban J connectivity index is 2.76. The molecule has 0 fully saturated rings. The molecule has 0 aliphatic heterocycles. The first-order valence-electron chi connectivity index (χ1n) is 6.84. The van der Waals surface area contributed by atoms with E-state index in [9.17, 15) is 18.3 Å². The minimum atomic E-state index is -4.36. The summed E-state index contributed by atoms with van der Waals surface area (Å²) in [5.41, 5.74) is -0.223. The molecule has 5 heteroatoms. The van der Waals surface area contributed by atoms with Crippen LogP contribution >= 0.6 is 0 Å². The zero-order chi connectivity index (χ0) is 15.2. The maximum atomic E-state index is 12.6. The van der Waals surface area contributed by atoms with Gasteiger partial charge in [-0.3, -0.25) is 0 Å². The van der Waals surface area contributed by atoms with Crippen molar-refractivity contribution in [2.24, 2.45) is 0 Å². The summed E-state index contributed by atoms with van der Waals surface area (Å²) in [7, 11) is 0. The largest absolute Gasteiger partial charge is 0.416 e. The van der Waals surface area contributed by atoms with Crippen molar-refractivity contribution in [3.8, 4) is 0 Å². The number of aliphatic hydroxyl groups excluding tert-OH is 1. The Morgan fingerprint density at radius 2 is 1.95 bits per heavy atom. The molecule has 1 aromatic rings. The molecule has 114 valence electrons. The molecule has 0 bridgehead atoms. The maximum Gasteiger partial charge on any atom is 0.416 e. The van der Waals surface area contributed by atoms with Crippen molar-refractivity contribution in [1.82, 2.24) is 0 Å². The molecular weight excluding hydrogens is 269 g/mol. The molecule has 2 atom stereocenters. The van der Waals surface area contributed by atoms with Crippen LogP contribution in [0.4, 0.5) is 13.2 Å². The second-order valence-corrected chi connectivity index (χ2v) is 4.75. The summed E-state index contributed by atoms with van der Waals surface area (Å²) in [6, 6.07) is 5.06. The van der Waals surface area contributed by atoms with Crippen LogP contribution in [0.5, 0.6) is 0 Å². The lowest BCUT2D eigenvalue weighted by atomic mass is 9.99. The molecule has 0 aliphatic carbocycles. The van der Waals surface area contributed by atoms with Crippen molar-refractivity contribution in [2.45, 2.75) is 51.5 Å². The van der Waals surface area contributed by atoms with Gasteiger partial charge in [0.25, 0.3) is 0 Å². The van der Waals surface area contributed by atoms with E-state index in [0.29, 0.717) is 18.6 Å². The molecule has 0 amide bonds. The van der Waals surface area contributed by atoms with Gasteiger partial charge in [0.15, 0.2) is 0 Å². The van der Waals surface area contributed by atoms with Crippen molar-refractivity contribution in [1.29, 1.82) is 0 Å². The molecule has 0 radical (unpaired) electrons. The van der Waals surface area contributed by atoms with E-state index in [1.807, 2.05) is 13.8 Å². The third-order valence-electron chi connectivity index (χ3n) is 3.08. The Bertz CT molecular complexity index is 398. The minimum absolute atomic E-state index is 0.161. The SMILES string of the molecule is CCCC(OCC)C(O)Cc1cccc(C(F)(F)F)c1. The zero-order valence-corrected chi connectivity index (χ0v) is 11.8. The Hall–Kier alpha value is -1.07. The lowest BCUT2D eigenvalue weighted by Gasteiger charge is -2.22. The molecule has 0 aromatic heterocycles. The smallest absolute Gasteiger partial charge is 0.390 e. The molecule has 0 saturated heterocycles. The summed E-state index contributed by atoms with van der Waals surface area (Å²) in [5.74, 6) is 0. The Kier molecular flexibility index (Phi) is 6.49. The molecule has 1 aromatic carbocycles. The summed E-state index contributed by atoms with van der Waals surface area (Å²) < 4.78 is 43.3. The van der Waals surface area contributed by atoms with Gasteiger partial charge >= 0.3 is 6.18 Å². The summed E-state index contributed by atoms with van der Waals surface area (Å²) in [6.07, 6.45) is -3.78. The minimum Gasteiger partial charge on any atom is -0.390 e. The second-order valence-electron chi connectivity index (χ2n) is 4.75. The van der Waals surface area contributed by atoms with Gasteiger partial charge in [-0.2, -0.15) is 13.2 Å². The quantitative estimate of drug-likeness (QED) is 0.827. The summed E-state index contributed by atoms with van der Waals surface area (Å²) in [6.45, 7) is 4.28. The van der Waals surface area contributed by atoms with Gasteiger partial charge in [0.2, 0.25) is 0 Å². The van der Waals surface area contributed by atoms with Crippen molar-refractivity contribution < 1.29 is 23.0 Å². The van der Waals surface area contributed by atoms with E-state index < -0.39 is 17.8 Å². The molecular formula is C15H21F3O2. The van der Waals surface area contributed by atoms with Gasteiger partial charge < -0.3 is 9.84 Å². The first-order valence-corrected chi connectivity index (χ1v) is 6.84. The van der Waals surface area contributed by atoms with Crippen LogP contribution in [0.2, 0.25) is 0 Å². The summed E-state index contributed by atoms with van der Waals surface area (Å²) in [5, 5.41) is 10.1. The molecule has 1 N–H and O–H groups in total. The molecule has 0 aliphatic rings. The van der Waals surface area contributed by atoms with Crippen LogP contribution in [0.1, 0.15) is 37.8 Å². The number of aliphatic hydroxyl groups is 1. The van der Waals surface area contributed by atoms with Crippen molar-refractivity contribution in [2.75, 3.05) is 6.61 Å². The average Bonchev–Trinajstić information content (AvgIpc) is 2.38. The number of rotatable bonds is 7. The predicted molar refractivity (Wildman–Crippen MR) is 71.5 cm³/mol. The van der Waals surface area contributed by atoms with Crippen LogP contribution < -0.4 is 0 Å². The van der Waals surface area contributed by atoms with Gasteiger partial charge in [0, 0.05) is 13.0 Å². The topological polar surface area (TPSA) is 29.5 Å². The van der Waals surface area contributed by atoms with Crippen LogP contribution in [0.3, 0.4) is 0 Å². The van der Waals surface area contributed by atoms with E-state index in [-0.39, 0.29) is 12.5 Å². The standard InChI is InChI=1S/C15H21F3O2/c1-3-6-14(20-4-2)13(19)10-11-7-5-8-12(9-11)15(16,17)18/h5,7-9,13-14,19H,3-4,6,10H2,1-2H3. The van der Waals surface area contributed by atoms with Gasteiger partial charge in [-0.25, -0.2) is 0 Å². The normalized spacial score (nSPS) is 15.1. The maximum absolute atomic E-state index is 12.6. The number of halogens is 3. The number of hydrogen-bond donors (Lipinski definition) is 1. The van der Waals surface area contributed by atoms with E-state index >= 15 is 0 Å². The fraction of sp³-hybridized carbons (Fsp3) is 0.600. The third kappa shape index (κ3) is 5.13.